The minimum Gasteiger partial charge on any atom is -0.506 e. The molecular weight excluding hydrogens is 527 g/mol. The molecule has 0 unspecified atom stereocenters. The molecule has 0 atom stereocenters. The Morgan fingerprint density at radius 1 is 0.902 bits per heavy atom. The Kier molecular flexibility index (Phi) is 7.47. The molecule has 41 heavy (non-hydrogen) atoms. The Balaban J connectivity index is 1.37. The van der Waals surface area contributed by atoms with Crippen LogP contribution in [-0.2, 0) is 0 Å². The van der Waals surface area contributed by atoms with Crippen molar-refractivity contribution in [1.29, 1.82) is 0 Å². The Bertz CT molecular complexity index is 1770. The molecule has 0 aliphatic heterocycles. The number of hydrogen-bond acceptors (Lipinski definition) is 7. The molecule has 10 heteroatoms. The first kappa shape index (κ1) is 27.1. The topological polar surface area (TPSA) is 123 Å². The highest BCUT2D eigenvalue weighted by Crippen LogP contribution is 2.36. The van der Waals surface area contributed by atoms with Gasteiger partial charge in [-0.3, -0.25) is 19.6 Å². The molecule has 206 valence electrons. The average Bonchev–Trinajstić information content (AvgIpc) is 2.98. The van der Waals surface area contributed by atoms with Gasteiger partial charge in [0, 0.05) is 47.8 Å². The molecule has 9 nitrogen and oxygen atoms in total. The number of methoxy groups -OCH3 is 1. The van der Waals surface area contributed by atoms with Crippen LogP contribution in [0.3, 0.4) is 0 Å². The van der Waals surface area contributed by atoms with Crippen molar-refractivity contribution < 1.29 is 28.6 Å². The molecule has 0 aliphatic carbocycles. The summed E-state index contributed by atoms with van der Waals surface area (Å²) in [6.07, 6.45) is 2.88. The number of fused-ring (bicyclic) bond motifs is 1. The van der Waals surface area contributed by atoms with Crippen molar-refractivity contribution in [3.63, 3.8) is 0 Å². The first-order valence-corrected chi connectivity index (χ1v) is 12.5. The van der Waals surface area contributed by atoms with Crippen molar-refractivity contribution in [3.05, 3.63) is 102 Å². The zero-order valence-electron chi connectivity index (χ0n) is 22.4. The van der Waals surface area contributed by atoms with Gasteiger partial charge < -0.3 is 25.2 Å². The van der Waals surface area contributed by atoms with Gasteiger partial charge in [-0.05, 0) is 61.0 Å². The zero-order chi connectivity index (χ0) is 29.1. The minimum atomic E-state index is -0.567. The summed E-state index contributed by atoms with van der Waals surface area (Å²) < 4.78 is 24.8. The number of nitrogens with zero attached hydrogens (tertiary/aromatic N) is 2. The van der Waals surface area contributed by atoms with E-state index in [1.807, 2.05) is 0 Å². The lowest BCUT2D eigenvalue weighted by atomic mass is 10.0. The number of halogens is 1. The van der Waals surface area contributed by atoms with Crippen molar-refractivity contribution >= 4 is 28.4 Å². The maximum atomic E-state index is 13.4. The number of rotatable bonds is 7. The Labute approximate surface area is 234 Å². The number of amides is 2. The van der Waals surface area contributed by atoms with Gasteiger partial charge in [-0.2, -0.15) is 0 Å². The van der Waals surface area contributed by atoms with Crippen molar-refractivity contribution in [2.45, 2.75) is 6.92 Å². The Morgan fingerprint density at radius 3 is 2.32 bits per heavy atom. The van der Waals surface area contributed by atoms with E-state index in [9.17, 15) is 19.1 Å². The number of hydrogen-bond donors (Lipinski definition) is 3. The van der Waals surface area contributed by atoms with Crippen molar-refractivity contribution in [2.75, 3.05) is 19.5 Å². The van der Waals surface area contributed by atoms with E-state index >= 15 is 0 Å². The number of anilines is 1. The van der Waals surface area contributed by atoms with Crippen LogP contribution in [0.5, 0.6) is 23.0 Å². The average molecular weight is 553 g/mol. The van der Waals surface area contributed by atoms with Gasteiger partial charge in [0.15, 0.2) is 0 Å². The molecule has 5 aromatic rings. The van der Waals surface area contributed by atoms with Crippen molar-refractivity contribution in [3.8, 4) is 34.1 Å². The predicted octanol–water partition coefficient (Wildman–Crippen LogP) is 5.86. The summed E-state index contributed by atoms with van der Waals surface area (Å²) in [6, 6.07) is 17.2. The van der Waals surface area contributed by atoms with E-state index in [0.29, 0.717) is 56.2 Å². The van der Waals surface area contributed by atoms with Crippen LogP contribution in [-0.4, -0.2) is 41.0 Å². The largest absolute Gasteiger partial charge is 0.506 e. The molecule has 0 saturated carbocycles. The number of benzene rings is 3. The fourth-order valence-electron chi connectivity index (χ4n) is 4.37. The highest BCUT2D eigenvalue weighted by molar-refractivity contribution is 6.07. The fraction of sp³-hybridized carbons (Fsp3) is 0.0968. The monoisotopic (exact) mass is 552 g/mol. The summed E-state index contributed by atoms with van der Waals surface area (Å²) in [6.45, 7) is 1.70. The maximum absolute atomic E-state index is 13.4. The quantitative estimate of drug-likeness (QED) is 0.231. The second kappa shape index (κ2) is 11.3. The number of aromatic nitrogens is 2. The van der Waals surface area contributed by atoms with Gasteiger partial charge in [0.05, 0.1) is 18.2 Å². The maximum Gasteiger partial charge on any atom is 0.261 e. The summed E-state index contributed by atoms with van der Waals surface area (Å²) in [5.74, 6) is -0.192. The third-order valence-electron chi connectivity index (χ3n) is 6.45. The van der Waals surface area contributed by atoms with Gasteiger partial charge in [-0.15, -0.1) is 0 Å². The molecule has 0 saturated heterocycles. The van der Waals surface area contributed by atoms with E-state index < -0.39 is 11.7 Å². The summed E-state index contributed by atoms with van der Waals surface area (Å²) in [7, 11) is 3.02. The van der Waals surface area contributed by atoms with Crippen LogP contribution >= 0.6 is 0 Å². The standard InChI is InChI=1S/C31H25FN4O5/c1-17-28(18-4-6-19(32)7-5-18)29(37)24(16-35-17)31(39)36-20-8-10-21(11-9-20)41-26-12-13-34-25-15-27(40-3)23(14-22(25)26)30(38)33-2/h4-16H,1-3H3,(H,33,38)(H,35,37)(H,36,39). The molecule has 2 aromatic heterocycles. The van der Waals surface area contributed by atoms with Gasteiger partial charge in [0.25, 0.3) is 11.8 Å². The van der Waals surface area contributed by atoms with Crippen LogP contribution in [0.25, 0.3) is 22.0 Å². The second-order valence-electron chi connectivity index (χ2n) is 9.03. The molecule has 0 aliphatic rings. The van der Waals surface area contributed by atoms with Crippen molar-refractivity contribution in [1.82, 2.24) is 15.3 Å². The highest BCUT2D eigenvalue weighted by atomic mass is 19.1. The summed E-state index contributed by atoms with van der Waals surface area (Å²) in [4.78, 5) is 34.0. The Hall–Kier alpha value is -5.51. The van der Waals surface area contributed by atoms with Gasteiger partial charge in [0.1, 0.15) is 34.4 Å². The van der Waals surface area contributed by atoms with Crippen LogP contribution in [0.2, 0.25) is 0 Å². The number of nitrogens with one attached hydrogen (secondary N) is 2. The van der Waals surface area contributed by atoms with E-state index in [4.69, 9.17) is 9.47 Å². The molecule has 2 heterocycles. The molecule has 3 N–H and O–H groups in total. The number of carbonyl (C=O) groups is 2. The first-order chi connectivity index (χ1) is 19.8. The lowest BCUT2D eigenvalue weighted by Crippen LogP contribution is -2.18. The molecule has 0 spiro atoms. The summed E-state index contributed by atoms with van der Waals surface area (Å²) >= 11 is 0. The third-order valence-corrected chi connectivity index (χ3v) is 6.45. The van der Waals surface area contributed by atoms with Crippen LogP contribution < -0.4 is 20.1 Å². The van der Waals surface area contributed by atoms with Crippen molar-refractivity contribution in [2.24, 2.45) is 0 Å². The second-order valence-corrected chi connectivity index (χ2v) is 9.03. The zero-order valence-corrected chi connectivity index (χ0v) is 22.4. The van der Waals surface area contributed by atoms with E-state index in [-0.39, 0.29) is 17.2 Å². The van der Waals surface area contributed by atoms with Gasteiger partial charge in [-0.1, -0.05) is 12.1 Å². The summed E-state index contributed by atoms with van der Waals surface area (Å²) in [5, 5.41) is 16.8. The number of pyridine rings is 2. The van der Waals surface area contributed by atoms with E-state index in [1.54, 1.807) is 55.6 Å². The smallest absolute Gasteiger partial charge is 0.261 e. The van der Waals surface area contributed by atoms with Crippen LogP contribution in [0, 0.1) is 12.7 Å². The van der Waals surface area contributed by atoms with Crippen LogP contribution in [0.15, 0.2) is 79.1 Å². The van der Waals surface area contributed by atoms with E-state index in [1.165, 1.54) is 44.6 Å². The number of aryl methyl sites for hydroxylation is 1. The fourth-order valence-corrected chi connectivity index (χ4v) is 4.37. The molecule has 2 amide bonds. The van der Waals surface area contributed by atoms with E-state index in [2.05, 4.69) is 20.6 Å². The first-order valence-electron chi connectivity index (χ1n) is 12.5. The molecule has 5 rings (SSSR count). The molecule has 0 fully saturated rings. The van der Waals surface area contributed by atoms with Gasteiger partial charge in [0.2, 0.25) is 0 Å². The molecular formula is C31H25FN4O5. The summed E-state index contributed by atoms with van der Waals surface area (Å²) in [5.41, 5.74) is 2.74. The Morgan fingerprint density at radius 2 is 1.63 bits per heavy atom. The number of carbonyl (C=O) groups excluding carboxylic acids is 2. The lowest BCUT2D eigenvalue weighted by molar-refractivity contribution is 0.0959. The third kappa shape index (κ3) is 5.48. The highest BCUT2D eigenvalue weighted by Gasteiger charge is 2.20. The predicted molar refractivity (Wildman–Crippen MR) is 152 cm³/mol. The SMILES string of the molecule is CNC(=O)c1cc2c(Oc3ccc(NC(=O)c4cnc(C)c(-c5ccc(F)cc5)c4O)cc3)ccnc2cc1OC. The van der Waals surface area contributed by atoms with Gasteiger partial charge in [-0.25, -0.2) is 4.39 Å². The number of aromatic hydroxyl groups is 1. The lowest BCUT2D eigenvalue weighted by Gasteiger charge is -2.14. The number of ether oxygens (including phenoxy) is 2. The van der Waals surface area contributed by atoms with E-state index in [0.717, 1.165) is 0 Å². The normalized spacial score (nSPS) is 10.7. The molecule has 0 bridgehead atoms. The molecule has 3 aromatic carbocycles. The van der Waals surface area contributed by atoms with Gasteiger partial charge >= 0.3 is 0 Å². The minimum absolute atomic E-state index is 0.0270. The van der Waals surface area contributed by atoms with Crippen LogP contribution in [0.4, 0.5) is 10.1 Å². The van der Waals surface area contributed by atoms with Crippen LogP contribution in [0.1, 0.15) is 26.4 Å². The molecule has 0 radical (unpaired) electrons.